The van der Waals surface area contributed by atoms with Crippen LogP contribution in [0.3, 0.4) is 0 Å². The van der Waals surface area contributed by atoms with Crippen LogP contribution in [0.2, 0.25) is 0 Å². The van der Waals surface area contributed by atoms with E-state index < -0.39 is 0 Å². The van der Waals surface area contributed by atoms with Gasteiger partial charge in [-0.1, -0.05) is 6.92 Å². The number of hydrogen-bond donors (Lipinski definition) is 0. The van der Waals surface area contributed by atoms with E-state index in [0.29, 0.717) is 0 Å². The molecule has 1 atom stereocenters. The summed E-state index contributed by atoms with van der Waals surface area (Å²) in [7, 11) is 0. The summed E-state index contributed by atoms with van der Waals surface area (Å²) in [4.78, 5) is 6.32. The lowest BCUT2D eigenvalue weighted by Gasteiger charge is -2.31. The molecule has 0 radical (unpaired) electrons. The summed E-state index contributed by atoms with van der Waals surface area (Å²) >= 11 is 0. The fourth-order valence-corrected chi connectivity index (χ4v) is 1.95. The maximum Gasteiger partial charge on any atom is 0.141 e. The van der Waals surface area contributed by atoms with Gasteiger partial charge < -0.3 is 4.90 Å². The third kappa shape index (κ3) is 2.03. The number of nitrogens with zero attached hydrogens (tertiary/aromatic N) is 2. The van der Waals surface area contributed by atoms with Crippen molar-refractivity contribution in [2.45, 2.75) is 19.8 Å². The van der Waals surface area contributed by atoms with Crippen molar-refractivity contribution in [1.29, 1.82) is 0 Å². The lowest BCUT2D eigenvalue weighted by molar-refractivity contribution is 0.444. The minimum atomic E-state index is -0.265. The highest BCUT2D eigenvalue weighted by Gasteiger charge is 2.17. The maximum absolute atomic E-state index is 12.6. The first kappa shape index (κ1) is 9.44. The fourth-order valence-electron chi connectivity index (χ4n) is 1.95. The summed E-state index contributed by atoms with van der Waals surface area (Å²) in [6.45, 7) is 4.33. The maximum atomic E-state index is 12.6. The van der Waals surface area contributed by atoms with Crippen LogP contribution in [-0.2, 0) is 0 Å². The van der Waals surface area contributed by atoms with Gasteiger partial charge in [0.25, 0.3) is 0 Å². The molecule has 0 aromatic carbocycles. The SMILES string of the molecule is C[C@@H]1CCCN(c2ccc(F)cn2)C1. The predicted molar refractivity (Wildman–Crippen MR) is 54.8 cm³/mol. The topological polar surface area (TPSA) is 16.1 Å². The minimum Gasteiger partial charge on any atom is -0.356 e. The zero-order valence-electron chi connectivity index (χ0n) is 8.41. The van der Waals surface area contributed by atoms with Gasteiger partial charge in [0.05, 0.1) is 6.20 Å². The molecule has 1 fully saturated rings. The van der Waals surface area contributed by atoms with Gasteiger partial charge in [-0.2, -0.15) is 0 Å². The van der Waals surface area contributed by atoms with Gasteiger partial charge in [-0.25, -0.2) is 9.37 Å². The summed E-state index contributed by atoms with van der Waals surface area (Å²) in [5, 5.41) is 0. The summed E-state index contributed by atoms with van der Waals surface area (Å²) in [5.74, 6) is 1.35. The van der Waals surface area contributed by atoms with Crippen molar-refractivity contribution in [2.24, 2.45) is 5.92 Å². The van der Waals surface area contributed by atoms with E-state index in [-0.39, 0.29) is 5.82 Å². The smallest absolute Gasteiger partial charge is 0.141 e. The second-order valence-electron chi connectivity index (χ2n) is 4.03. The monoisotopic (exact) mass is 194 g/mol. The molecule has 0 unspecified atom stereocenters. The predicted octanol–water partition coefficient (Wildman–Crippen LogP) is 2.46. The Labute approximate surface area is 83.8 Å². The molecule has 2 heterocycles. The van der Waals surface area contributed by atoms with E-state index in [9.17, 15) is 4.39 Å². The first-order valence-corrected chi connectivity index (χ1v) is 5.12. The Bertz CT molecular complexity index is 297. The number of rotatable bonds is 1. The normalized spacial score (nSPS) is 22.4. The average Bonchev–Trinajstić information content (AvgIpc) is 2.19. The first-order valence-electron chi connectivity index (χ1n) is 5.12. The van der Waals surface area contributed by atoms with E-state index >= 15 is 0 Å². The van der Waals surface area contributed by atoms with Gasteiger partial charge in [0.2, 0.25) is 0 Å². The van der Waals surface area contributed by atoms with Gasteiger partial charge in [-0.3, -0.25) is 0 Å². The molecular formula is C11H15FN2. The van der Waals surface area contributed by atoms with Crippen molar-refractivity contribution in [1.82, 2.24) is 4.98 Å². The Morgan fingerprint density at radius 1 is 1.50 bits per heavy atom. The molecule has 76 valence electrons. The van der Waals surface area contributed by atoms with Crippen molar-refractivity contribution < 1.29 is 4.39 Å². The van der Waals surface area contributed by atoms with Crippen LogP contribution in [0.1, 0.15) is 19.8 Å². The molecule has 1 saturated heterocycles. The van der Waals surface area contributed by atoms with E-state index in [1.165, 1.54) is 25.1 Å². The molecule has 0 aliphatic carbocycles. The van der Waals surface area contributed by atoms with Crippen LogP contribution >= 0.6 is 0 Å². The number of halogens is 1. The molecule has 0 amide bonds. The van der Waals surface area contributed by atoms with E-state index in [1.54, 1.807) is 6.07 Å². The Morgan fingerprint density at radius 2 is 2.36 bits per heavy atom. The third-order valence-electron chi connectivity index (χ3n) is 2.69. The van der Waals surface area contributed by atoms with Gasteiger partial charge in [-0.15, -0.1) is 0 Å². The number of hydrogen-bond acceptors (Lipinski definition) is 2. The Morgan fingerprint density at radius 3 is 3.00 bits per heavy atom. The van der Waals surface area contributed by atoms with Crippen molar-refractivity contribution in [3.05, 3.63) is 24.1 Å². The summed E-state index contributed by atoms with van der Waals surface area (Å²) in [6, 6.07) is 3.23. The lowest BCUT2D eigenvalue weighted by atomic mass is 10.0. The Kier molecular flexibility index (Phi) is 2.66. The van der Waals surface area contributed by atoms with Gasteiger partial charge >= 0.3 is 0 Å². The summed E-state index contributed by atoms with van der Waals surface area (Å²) in [6.07, 6.45) is 3.78. The molecule has 0 N–H and O–H groups in total. The molecule has 2 rings (SSSR count). The van der Waals surface area contributed by atoms with Crippen LogP contribution in [0.15, 0.2) is 18.3 Å². The molecule has 14 heavy (non-hydrogen) atoms. The van der Waals surface area contributed by atoms with Crippen LogP contribution in [-0.4, -0.2) is 18.1 Å². The standard InChI is InChI=1S/C11H15FN2/c1-9-3-2-6-14(8-9)11-5-4-10(12)7-13-11/h4-5,7,9H,2-3,6,8H2,1H3/t9-/m1/s1. The van der Waals surface area contributed by atoms with E-state index in [0.717, 1.165) is 24.8 Å². The highest BCUT2D eigenvalue weighted by molar-refractivity contribution is 5.38. The Hall–Kier alpha value is -1.12. The average molecular weight is 194 g/mol. The fraction of sp³-hybridized carbons (Fsp3) is 0.545. The molecular weight excluding hydrogens is 179 g/mol. The van der Waals surface area contributed by atoms with E-state index in [1.807, 2.05) is 0 Å². The van der Waals surface area contributed by atoms with Crippen LogP contribution in [0, 0.1) is 11.7 Å². The molecule has 0 bridgehead atoms. The number of anilines is 1. The van der Waals surface area contributed by atoms with Gasteiger partial charge in [0.15, 0.2) is 0 Å². The zero-order valence-corrected chi connectivity index (χ0v) is 8.41. The van der Waals surface area contributed by atoms with Crippen molar-refractivity contribution in [2.75, 3.05) is 18.0 Å². The second kappa shape index (κ2) is 3.95. The van der Waals surface area contributed by atoms with Crippen molar-refractivity contribution in [3.8, 4) is 0 Å². The first-order chi connectivity index (χ1) is 6.75. The van der Waals surface area contributed by atoms with Crippen LogP contribution < -0.4 is 4.90 Å². The second-order valence-corrected chi connectivity index (χ2v) is 4.03. The van der Waals surface area contributed by atoms with Crippen LogP contribution in [0.25, 0.3) is 0 Å². The van der Waals surface area contributed by atoms with Crippen LogP contribution in [0.4, 0.5) is 10.2 Å². The Balaban J connectivity index is 2.10. The quantitative estimate of drug-likeness (QED) is 0.682. The van der Waals surface area contributed by atoms with Crippen molar-refractivity contribution in [3.63, 3.8) is 0 Å². The highest BCUT2D eigenvalue weighted by Crippen LogP contribution is 2.20. The van der Waals surface area contributed by atoms with Gasteiger partial charge in [0.1, 0.15) is 11.6 Å². The summed E-state index contributed by atoms with van der Waals surface area (Å²) < 4.78 is 12.6. The van der Waals surface area contributed by atoms with Crippen LogP contribution in [0.5, 0.6) is 0 Å². The molecule has 0 spiro atoms. The van der Waals surface area contributed by atoms with E-state index in [4.69, 9.17) is 0 Å². The lowest BCUT2D eigenvalue weighted by Crippen LogP contribution is -2.34. The molecule has 0 saturated carbocycles. The molecule has 3 heteroatoms. The molecule has 1 aliphatic rings. The zero-order chi connectivity index (χ0) is 9.97. The van der Waals surface area contributed by atoms with Gasteiger partial charge in [-0.05, 0) is 30.9 Å². The number of aromatic nitrogens is 1. The summed E-state index contributed by atoms with van der Waals surface area (Å²) in [5.41, 5.74) is 0. The molecule has 2 nitrogen and oxygen atoms in total. The van der Waals surface area contributed by atoms with Crippen molar-refractivity contribution >= 4 is 5.82 Å². The van der Waals surface area contributed by atoms with Gasteiger partial charge in [0, 0.05) is 13.1 Å². The molecule has 1 aromatic heterocycles. The minimum absolute atomic E-state index is 0.265. The largest absolute Gasteiger partial charge is 0.356 e. The molecule has 1 aromatic rings. The van der Waals surface area contributed by atoms with E-state index in [2.05, 4.69) is 16.8 Å². The highest BCUT2D eigenvalue weighted by atomic mass is 19.1. The number of piperidine rings is 1. The molecule has 1 aliphatic heterocycles. The number of pyridine rings is 1. The third-order valence-corrected chi connectivity index (χ3v) is 2.69.